The van der Waals surface area contributed by atoms with Crippen LogP contribution in [0.25, 0.3) is 0 Å². The average Bonchev–Trinajstić information content (AvgIpc) is 3.31. The Balaban J connectivity index is 1.53. The molecule has 2 aromatic rings. The zero-order chi connectivity index (χ0) is 27.6. The highest BCUT2D eigenvalue weighted by molar-refractivity contribution is 8.12. The number of oxime groups is 1. The number of fused-ring (bicyclic) bond motifs is 1. The summed E-state index contributed by atoms with van der Waals surface area (Å²) in [5, 5.41) is 17.6. The van der Waals surface area contributed by atoms with Gasteiger partial charge in [-0.25, -0.2) is 9.78 Å². The number of nitrogen functional groups attached to an aromatic ring is 1. The summed E-state index contributed by atoms with van der Waals surface area (Å²) in [6.45, 7) is 3.46. The van der Waals surface area contributed by atoms with Crippen molar-refractivity contribution >= 4 is 68.6 Å². The van der Waals surface area contributed by atoms with Gasteiger partial charge in [-0.2, -0.15) is 0 Å². The van der Waals surface area contributed by atoms with Crippen LogP contribution in [0.2, 0.25) is 0 Å². The van der Waals surface area contributed by atoms with Crippen molar-refractivity contribution in [3.05, 3.63) is 57.2 Å². The number of β-lactam (4-membered cyclic amide) rings is 1. The number of carbonyl (C=O) groups is 4. The standard InChI is InChI=1S/C24H25N5O6S3/c1-11-13(5-4-6-14(11)8-36-12(2)30)7-15-9-37-22-18(21(32)29(22)19(15)23(33)34)27-20(31)17(28-35-3)16-10-38-24(25)26-16/h4-6,10,18,22H,7-9H2,1-3H3,(H2,25,26)(H,27,31)(H,33,34). The number of nitrogens with two attached hydrogens (primary N) is 1. The predicted molar refractivity (Wildman–Crippen MR) is 147 cm³/mol. The second-order valence-corrected chi connectivity index (χ2v) is 11.6. The number of amides is 2. The molecule has 0 radical (unpaired) electrons. The molecular formula is C24H25N5O6S3. The van der Waals surface area contributed by atoms with Crippen molar-refractivity contribution in [2.45, 2.75) is 37.4 Å². The minimum atomic E-state index is -1.20. The number of rotatable bonds is 9. The van der Waals surface area contributed by atoms with Crippen molar-refractivity contribution in [1.29, 1.82) is 0 Å². The monoisotopic (exact) mass is 575 g/mol. The molecule has 1 aromatic heterocycles. The zero-order valence-electron chi connectivity index (χ0n) is 20.7. The lowest BCUT2D eigenvalue weighted by Crippen LogP contribution is -2.71. The first kappa shape index (κ1) is 27.7. The van der Waals surface area contributed by atoms with Crippen LogP contribution in [0.1, 0.15) is 29.3 Å². The van der Waals surface area contributed by atoms with Crippen LogP contribution in [0.5, 0.6) is 0 Å². The van der Waals surface area contributed by atoms with Crippen LogP contribution < -0.4 is 11.1 Å². The van der Waals surface area contributed by atoms with E-state index in [4.69, 9.17) is 10.6 Å². The molecule has 3 heterocycles. The highest BCUT2D eigenvalue weighted by Gasteiger charge is 2.54. The number of thiazole rings is 1. The summed E-state index contributed by atoms with van der Waals surface area (Å²) in [6.07, 6.45) is 0.350. The van der Waals surface area contributed by atoms with E-state index in [0.29, 0.717) is 23.5 Å². The zero-order valence-corrected chi connectivity index (χ0v) is 23.2. The normalized spacial score (nSPS) is 19.1. The number of aliphatic carboxylic acids is 1. The van der Waals surface area contributed by atoms with Crippen LogP contribution in [-0.4, -0.2) is 67.9 Å². The van der Waals surface area contributed by atoms with Gasteiger partial charge in [0.05, 0.1) is 0 Å². The number of hydrogen-bond donors (Lipinski definition) is 3. The molecule has 2 aliphatic rings. The minimum Gasteiger partial charge on any atom is -0.477 e. The lowest BCUT2D eigenvalue weighted by atomic mass is 9.95. The molecule has 0 aliphatic carbocycles. The summed E-state index contributed by atoms with van der Waals surface area (Å²) in [6, 6.07) is 4.81. The van der Waals surface area contributed by atoms with Gasteiger partial charge in [-0.05, 0) is 35.6 Å². The SMILES string of the molecule is CON=C(C(=O)NC1C(=O)N2C(C(=O)O)=C(Cc3cccc(CSC(C)=O)c3C)CSC12)c1csc(N)n1. The van der Waals surface area contributed by atoms with E-state index >= 15 is 0 Å². The topological polar surface area (TPSA) is 164 Å². The molecule has 200 valence electrons. The highest BCUT2D eigenvalue weighted by atomic mass is 32.2. The van der Waals surface area contributed by atoms with Gasteiger partial charge >= 0.3 is 5.97 Å². The summed E-state index contributed by atoms with van der Waals surface area (Å²) in [7, 11) is 1.28. The van der Waals surface area contributed by atoms with Gasteiger partial charge in [0.25, 0.3) is 11.8 Å². The van der Waals surface area contributed by atoms with E-state index in [1.807, 2.05) is 25.1 Å². The average molecular weight is 576 g/mol. The van der Waals surface area contributed by atoms with Gasteiger partial charge in [-0.3, -0.25) is 19.3 Å². The predicted octanol–water partition coefficient (Wildman–Crippen LogP) is 2.15. The fraction of sp³-hybridized carbons (Fsp3) is 0.333. The summed E-state index contributed by atoms with van der Waals surface area (Å²) in [5.41, 5.74) is 9.18. The molecule has 1 fully saturated rings. The van der Waals surface area contributed by atoms with Crippen LogP contribution in [0.15, 0.2) is 40.0 Å². The van der Waals surface area contributed by atoms with E-state index in [2.05, 4.69) is 15.5 Å². The number of benzene rings is 1. The first-order valence-corrected chi connectivity index (χ1v) is 14.3. The largest absolute Gasteiger partial charge is 0.477 e. The first-order chi connectivity index (χ1) is 18.1. The van der Waals surface area contributed by atoms with Gasteiger partial charge in [0.2, 0.25) is 0 Å². The Labute approximate surface area is 230 Å². The second kappa shape index (κ2) is 11.6. The molecule has 1 aromatic carbocycles. The fourth-order valence-electron chi connectivity index (χ4n) is 4.21. The third kappa shape index (κ3) is 5.56. The minimum absolute atomic E-state index is 0.0228. The van der Waals surface area contributed by atoms with Crippen LogP contribution in [-0.2, 0) is 36.2 Å². The van der Waals surface area contributed by atoms with E-state index < -0.39 is 29.2 Å². The van der Waals surface area contributed by atoms with E-state index in [1.165, 1.54) is 42.5 Å². The number of carboxylic acid groups (broad SMARTS) is 1. The molecule has 2 unspecified atom stereocenters. The Morgan fingerprint density at radius 2 is 2.08 bits per heavy atom. The van der Waals surface area contributed by atoms with E-state index in [1.54, 1.807) is 5.38 Å². The maximum absolute atomic E-state index is 13.1. The third-order valence-corrected chi connectivity index (χ3v) is 8.97. The maximum atomic E-state index is 13.1. The van der Waals surface area contributed by atoms with Crippen LogP contribution in [0.3, 0.4) is 0 Å². The maximum Gasteiger partial charge on any atom is 0.352 e. The summed E-state index contributed by atoms with van der Waals surface area (Å²) in [4.78, 5) is 59.7. The molecule has 0 saturated carbocycles. The molecule has 0 bridgehead atoms. The Kier molecular flexibility index (Phi) is 8.43. The number of carbonyl (C=O) groups excluding carboxylic acids is 3. The van der Waals surface area contributed by atoms with Crippen LogP contribution >= 0.6 is 34.9 Å². The number of aromatic nitrogens is 1. The van der Waals surface area contributed by atoms with Gasteiger partial charge in [-0.1, -0.05) is 35.1 Å². The molecule has 2 amide bonds. The highest BCUT2D eigenvalue weighted by Crippen LogP contribution is 2.41. The van der Waals surface area contributed by atoms with E-state index in [0.717, 1.165) is 28.0 Å². The Hall–Kier alpha value is -3.36. The Bertz CT molecular complexity index is 1370. The molecule has 0 spiro atoms. The number of thioether (sulfide) groups is 2. The van der Waals surface area contributed by atoms with Gasteiger partial charge in [0.15, 0.2) is 16.0 Å². The van der Waals surface area contributed by atoms with Crippen molar-refractivity contribution in [2.24, 2.45) is 5.16 Å². The molecule has 2 aliphatic heterocycles. The third-order valence-electron chi connectivity index (χ3n) is 6.09. The smallest absolute Gasteiger partial charge is 0.352 e. The number of nitrogens with one attached hydrogen (secondary N) is 1. The number of anilines is 1. The quantitative estimate of drug-likeness (QED) is 0.229. The summed E-state index contributed by atoms with van der Waals surface area (Å²) >= 11 is 3.72. The van der Waals surface area contributed by atoms with Gasteiger partial charge < -0.3 is 21.0 Å². The van der Waals surface area contributed by atoms with Crippen molar-refractivity contribution in [3.63, 3.8) is 0 Å². The molecule has 38 heavy (non-hydrogen) atoms. The summed E-state index contributed by atoms with van der Waals surface area (Å²) in [5.74, 6) is -1.51. The summed E-state index contributed by atoms with van der Waals surface area (Å²) < 4.78 is 0. The molecule has 14 heteroatoms. The van der Waals surface area contributed by atoms with Crippen molar-refractivity contribution in [1.82, 2.24) is 15.2 Å². The van der Waals surface area contributed by atoms with E-state index in [-0.39, 0.29) is 27.3 Å². The molecular weight excluding hydrogens is 550 g/mol. The van der Waals surface area contributed by atoms with Gasteiger partial charge in [0, 0.05) is 23.8 Å². The lowest BCUT2D eigenvalue weighted by Gasteiger charge is -2.49. The fourth-order valence-corrected chi connectivity index (χ4v) is 6.78. The first-order valence-electron chi connectivity index (χ1n) is 11.4. The van der Waals surface area contributed by atoms with Crippen LogP contribution in [0, 0.1) is 6.92 Å². The molecule has 1 saturated heterocycles. The van der Waals surface area contributed by atoms with Crippen LogP contribution in [0.4, 0.5) is 5.13 Å². The molecule has 4 rings (SSSR count). The van der Waals surface area contributed by atoms with E-state index in [9.17, 15) is 24.3 Å². The Morgan fingerprint density at radius 3 is 2.71 bits per heavy atom. The number of nitrogens with zero attached hydrogens (tertiary/aromatic N) is 3. The van der Waals surface area contributed by atoms with Gasteiger partial charge in [-0.15, -0.1) is 23.1 Å². The number of carboxylic acids is 1. The van der Waals surface area contributed by atoms with Crippen molar-refractivity contribution in [3.8, 4) is 0 Å². The molecule has 2 atom stereocenters. The Morgan fingerprint density at radius 1 is 1.34 bits per heavy atom. The molecule has 11 nitrogen and oxygen atoms in total. The molecule has 4 N–H and O–H groups in total. The van der Waals surface area contributed by atoms with Crippen molar-refractivity contribution in [2.75, 3.05) is 18.6 Å². The van der Waals surface area contributed by atoms with Crippen molar-refractivity contribution < 1.29 is 29.1 Å². The second-order valence-electron chi connectivity index (χ2n) is 8.47. The lowest BCUT2D eigenvalue weighted by molar-refractivity contribution is -0.150. The van der Waals surface area contributed by atoms with Gasteiger partial charge in [0.1, 0.15) is 29.9 Å². The number of hydrogen-bond acceptors (Lipinski definition) is 11.